The molecule has 2 N–H and O–H groups in total. The molecule has 1 spiro atoms. The van der Waals surface area contributed by atoms with Crippen LogP contribution in [0.25, 0.3) is 0 Å². The van der Waals surface area contributed by atoms with Crippen molar-refractivity contribution in [2.24, 2.45) is 11.7 Å². The number of amides is 1. The van der Waals surface area contributed by atoms with E-state index in [1.165, 1.54) is 6.07 Å². The molecule has 3 fully saturated rings. The topological polar surface area (TPSA) is 58.8 Å². The highest BCUT2D eigenvalue weighted by Gasteiger charge is 2.52. The maximum atomic E-state index is 14.0. The van der Waals surface area contributed by atoms with Gasteiger partial charge < -0.3 is 10.5 Å². The number of fused-ring (bicyclic) bond motifs is 2. The molecule has 0 aromatic heterocycles. The Balaban J connectivity index is 1.72. The molecule has 0 radical (unpaired) electrons. The highest BCUT2D eigenvalue weighted by Crippen LogP contribution is 2.42. The van der Waals surface area contributed by atoms with Crippen molar-refractivity contribution in [3.05, 3.63) is 41.7 Å². The molecule has 7 heteroatoms. The van der Waals surface area contributed by atoms with Crippen LogP contribution >= 0.6 is 0 Å². The van der Waals surface area contributed by atoms with Crippen LogP contribution < -0.4 is 10.6 Å². The average Bonchev–Trinajstić information content (AvgIpc) is 2.49. The first kappa shape index (κ1) is 14.4. The molecule has 4 aliphatic rings. The molecule has 4 heterocycles. The third-order valence-electron chi connectivity index (χ3n) is 5.01. The van der Waals surface area contributed by atoms with Crippen molar-refractivity contribution in [1.29, 1.82) is 0 Å². The normalized spacial score (nSPS) is 32.9. The largest absolute Gasteiger partial charge is 0.436 e. The van der Waals surface area contributed by atoms with Crippen LogP contribution in [0.1, 0.15) is 12.8 Å². The van der Waals surface area contributed by atoms with Crippen LogP contribution in [0.15, 0.2) is 30.1 Å². The van der Waals surface area contributed by atoms with Crippen LogP contribution in [0.2, 0.25) is 0 Å². The number of nitrogens with two attached hydrogens (primary N) is 1. The molecule has 3 saturated heterocycles. The molecule has 1 aromatic rings. The number of ether oxygens (including phenoxy) is 1. The van der Waals surface area contributed by atoms with E-state index in [-0.39, 0.29) is 17.4 Å². The summed E-state index contributed by atoms with van der Waals surface area (Å²) in [6, 6.07) is 2.98. The summed E-state index contributed by atoms with van der Waals surface area (Å²) in [6.45, 7) is 2.60. The molecule has 1 amide bonds. The van der Waals surface area contributed by atoms with E-state index in [9.17, 15) is 13.6 Å². The van der Waals surface area contributed by atoms with Crippen LogP contribution in [-0.2, 0) is 4.74 Å². The van der Waals surface area contributed by atoms with E-state index in [0.717, 1.165) is 36.9 Å². The fourth-order valence-corrected chi connectivity index (χ4v) is 3.90. The standard InChI is InChI=1S/C16H17F2N3O2/c17-11-1-2-13(12(18)7-11)21-14(19)8-16(23-15(21)22)9-20-5-3-10(16)4-6-20/h1-2,7-8,10H,3-6,9,19H2. The number of rotatable bonds is 1. The van der Waals surface area contributed by atoms with Gasteiger partial charge in [0.25, 0.3) is 0 Å². The Bertz CT molecular complexity index is 701. The molecule has 1 unspecified atom stereocenters. The zero-order valence-electron chi connectivity index (χ0n) is 12.5. The second-order valence-corrected chi connectivity index (χ2v) is 6.37. The molecule has 1 aromatic carbocycles. The second-order valence-electron chi connectivity index (χ2n) is 6.37. The van der Waals surface area contributed by atoms with E-state index in [0.29, 0.717) is 12.6 Å². The Labute approximate surface area is 132 Å². The summed E-state index contributed by atoms with van der Waals surface area (Å²) >= 11 is 0. The number of hydrogen-bond donors (Lipinski definition) is 1. The van der Waals surface area contributed by atoms with Crippen molar-refractivity contribution in [2.75, 3.05) is 24.5 Å². The summed E-state index contributed by atoms with van der Waals surface area (Å²) in [5.41, 5.74) is 5.21. The maximum absolute atomic E-state index is 14.0. The monoisotopic (exact) mass is 321 g/mol. The lowest BCUT2D eigenvalue weighted by Crippen LogP contribution is -2.63. The lowest BCUT2D eigenvalue weighted by Gasteiger charge is -2.52. The molecule has 23 heavy (non-hydrogen) atoms. The van der Waals surface area contributed by atoms with Crippen molar-refractivity contribution in [2.45, 2.75) is 18.4 Å². The molecule has 5 rings (SSSR count). The predicted octanol–water partition coefficient (Wildman–Crippen LogP) is 2.19. The number of carbonyl (C=O) groups excluding carboxylic acids is 1. The van der Waals surface area contributed by atoms with E-state index >= 15 is 0 Å². The first-order valence-corrected chi connectivity index (χ1v) is 7.67. The quantitative estimate of drug-likeness (QED) is 0.861. The predicted molar refractivity (Wildman–Crippen MR) is 79.5 cm³/mol. The highest BCUT2D eigenvalue weighted by atomic mass is 19.1. The van der Waals surface area contributed by atoms with E-state index in [2.05, 4.69) is 4.90 Å². The molecular formula is C16H17F2N3O2. The third-order valence-corrected chi connectivity index (χ3v) is 5.01. The van der Waals surface area contributed by atoms with Crippen LogP contribution in [0, 0.1) is 17.6 Å². The fraction of sp³-hybridized carbons (Fsp3) is 0.438. The summed E-state index contributed by atoms with van der Waals surface area (Å²) in [7, 11) is 0. The zero-order valence-corrected chi connectivity index (χ0v) is 12.5. The third kappa shape index (κ3) is 2.18. The van der Waals surface area contributed by atoms with Crippen molar-refractivity contribution >= 4 is 11.8 Å². The molecule has 5 nitrogen and oxygen atoms in total. The molecule has 122 valence electrons. The number of piperidine rings is 3. The van der Waals surface area contributed by atoms with E-state index < -0.39 is 23.3 Å². The summed E-state index contributed by atoms with van der Waals surface area (Å²) in [5.74, 6) is -1.22. The Morgan fingerprint density at radius 3 is 2.57 bits per heavy atom. The van der Waals surface area contributed by atoms with Gasteiger partial charge in [-0.3, -0.25) is 4.90 Å². The van der Waals surface area contributed by atoms with Gasteiger partial charge in [-0.05, 0) is 38.1 Å². The Morgan fingerprint density at radius 1 is 1.26 bits per heavy atom. The van der Waals surface area contributed by atoms with E-state index in [1.54, 1.807) is 6.08 Å². The molecule has 2 bridgehead atoms. The Kier molecular flexibility index (Phi) is 3.09. The molecule has 0 saturated carbocycles. The van der Waals surface area contributed by atoms with Gasteiger partial charge in [0.1, 0.15) is 17.5 Å². The minimum atomic E-state index is -0.858. The summed E-state index contributed by atoms with van der Waals surface area (Å²) in [4.78, 5) is 15.7. The molecule has 1 atom stereocenters. The first-order chi connectivity index (χ1) is 11.0. The van der Waals surface area contributed by atoms with Crippen molar-refractivity contribution < 1.29 is 18.3 Å². The van der Waals surface area contributed by atoms with Crippen LogP contribution in [-0.4, -0.2) is 36.2 Å². The number of anilines is 1. The van der Waals surface area contributed by atoms with Crippen LogP contribution in [0.4, 0.5) is 19.3 Å². The maximum Gasteiger partial charge on any atom is 0.421 e. The average molecular weight is 321 g/mol. The van der Waals surface area contributed by atoms with E-state index in [1.807, 2.05) is 0 Å². The number of hydrogen-bond acceptors (Lipinski definition) is 4. The summed E-state index contributed by atoms with van der Waals surface area (Å²) in [5, 5.41) is 0. The lowest BCUT2D eigenvalue weighted by molar-refractivity contribution is -0.0860. The summed E-state index contributed by atoms with van der Waals surface area (Å²) < 4.78 is 32.8. The lowest BCUT2D eigenvalue weighted by atomic mass is 9.74. The smallest absolute Gasteiger partial charge is 0.421 e. The van der Waals surface area contributed by atoms with Crippen molar-refractivity contribution in [3.8, 4) is 0 Å². The SMILES string of the molecule is NC1=CC2(CN3CCC2CC3)OC(=O)N1c1ccc(F)cc1F. The fourth-order valence-electron chi connectivity index (χ4n) is 3.90. The van der Waals surface area contributed by atoms with Gasteiger partial charge in [0.15, 0.2) is 5.60 Å². The van der Waals surface area contributed by atoms with Gasteiger partial charge in [0.05, 0.1) is 5.69 Å². The summed E-state index contributed by atoms with van der Waals surface area (Å²) in [6.07, 6.45) is 2.89. The van der Waals surface area contributed by atoms with Crippen LogP contribution in [0.3, 0.4) is 0 Å². The minimum absolute atomic E-state index is 0.110. The Morgan fingerprint density at radius 2 is 2.00 bits per heavy atom. The van der Waals surface area contributed by atoms with Gasteiger partial charge >= 0.3 is 6.09 Å². The molecular weight excluding hydrogens is 304 g/mol. The second kappa shape index (κ2) is 4.92. The number of halogens is 2. The van der Waals surface area contributed by atoms with Gasteiger partial charge in [-0.2, -0.15) is 0 Å². The van der Waals surface area contributed by atoms with Gasteiger partial charge in [0.2, 0.25) is 0 Å². The molecule has 4 aliphatic heterocycles. The highest BCUT2D eigenvalue weighted by molar-refractivity contribution is 5.92. The number of carbonyl (C=O) groups is 1. The van der Waals surface area contributed by atoms with Gasteiger partial charge in [-0.1, -0.05) is 0 Å². The van der Waals surface area contributed by atoms with Crippen LogP contribution in [0.5, 0.6) is 0 Å². The van der Waals surface area contributed by atoms with E-state index in [4.69, 9.17) is 10.5 Å². The van der Waals surface area contributed by atoms with Gasteiger partial charge in [-0.15, -0.1) is 0 Å². The zero-order chi connectivity index (χ0) is 16.2. The van der Waals surface area contributed by atoms with Crippen molar-refractivity contribution in [1.82, 2.24) is 4.90 Å². The number of benzene rings is 1. The van der Waals surface area contributed by atoms with Gasteiger partial charge in [-0.25, -0.2) is 18.5 Å². The number of nitrogens with zero attached hydrogens (tertiary/aromatic N) is 2. The van der Waals surface area contributed by atoms with Crippen molar-refractivity contribution in [3.63, 3.8) is 0 Å². The van der Waals surface area contributed by atoms with Gasteiger partial charge in [0, 0.05) is 24.6 Å². The minimum Gasteiger partial charge on any atom is -0.436 e. The first-order valence-electron chi connectivity index (χ1n) is 7.67. The Hall–Kier alpha value is -2.15. The molecule has 0 aliphatic carbocycles.